The molecule has 1 aromatic carbocycles. The summed E-state index contributed by atoms with van der Waals surface area (Å²) in [4.78, 5) is 14.1. The lowest BCUT2D eigenvalue weighted by Crippen LogP contribution is -2.08. The Morgan fingerprint density at radius 1 is 1.33 bits per heavy atom. The molecule has 21 heavy (non-hydrogen) atoms. The maximum absolute atomic E-state index is 10.6. The molecule has 0 aliphatic heterocycles. The van der Waals surface area contributed by atoms with E-state index in [4.69, 9.17) is 4.74 Å². The summed E-state index contributed by atoms with van der Waals surface area (Å²) >= 11 is 3.26. The highest BCUT2D eigenvalue weighted by Gasteiger charge is 2.09. The highest BCUT2D eigenvalue weighted by Crippen LogP contribution is 2.24. The number of benzene rings is 1. The van der Waals surface area contributed by atoms with Crippen molar-refractivity contribution in [1.82, 2.24) is 4.98 Å². The molecule has 0 spiro atoms. The molecule has 7 heteroatoms. The number of aromatic nitrogens is 1. The van der Waals surface area contributed by atoms with Gasteiger partial charge in [-0.25, -0.2) is 4.98 Å². The topological polar surface area (TPSA) is 77.3 Å². The second kappa shape index (κ2) is 7.58. The molecule has 0 aliphatic carbocycles. The zero-order valence-electron chi connectivity index (χ0n) is 11.2. The second-order valence-corrected chi connectivity index (χ2v) is 5.08. The van der Waals surface area contributed by atoms with E-state index >= 15 is 0 Å². The van der Waals surface area contributed by atoms with Gasteiger partial charge in [-0.15, -0.1) is 0 Å². The van der Waals surface area contributed by atoms with Crippen LogP contribution < -0.4 is 10.1 Å². The van der Waals surface area contributed by atoms with Crippen LogP contribution in [-0.4, -0.2) is 23.1 Å². The smallest absolute Gasteiger partial charge is 0.288 e. The van der Waals surface area contributed by atoms with Gasteiger partial charge in [0.1, 0.15) is 17.8 Å². The van der Waals surface area contributed by atoms with Crippen LogP contribution in [0.4, 0.5) is 11.5 Å². The predicted molar refractivity (Wildman–Crippen MR) is 83.6 cm³/mol. The van der Waals surface area contributed by atoms with Gasteiger partial charge in [-0.1, -0.05) is 18.2 Å². The molecule has 0 saturated heterocycles. The number of halogens is 1. The second-order valence-electron chi connectivity index (χ2n) is 4.22. The molecular weight excluding hydrogens is 338 g/mol. The van der Waals surface area contributed by atoms with Crippen LogP contribution in [0.15, 0.2) is 47.1 Å². The third-order valence-corrected chi connectivity index (χ3v) is 3.27. The molecule has 2 aromatic rings. The number of pyridine rings is 1. The highest BCUT2D eigenvalue weighted by atomic mass is 79.9. The van der Waals surface area contributed by atoms with Gasteiger partial charge >= 0.3 is 0 Å². The Hall–Kier alpha value is -2.15. The molecule has 2 rings (SSSR count). The molecule has 1 N–H and O–H groups in total. The first kappa shape index (κ1) is 15.2. The Morgan fingerprint density at radius 3 is 2.76 bits per heavy atom. The average Bonchev–Trinajstić information content (AvgIpc) is 2.49. The Morgan fingerprint density at radius 2 is 2.10 bits per heavy atom. The van der Waals surface area contributed by atoms with Gasteiger partial charge in [0.25, 0.3) is 5.69 Å². The molecule has 1 aromatic heterocycles. The van der Waals surface area contributed by atoms with Crippen molar-refractivity contribution < 1.29 is 9.66 Å². The van der Waals surface area contributed by atoms with Crippen LogP contribution in [0.5, 0.6) is 5.75 Å². The summed E-state index contributed by atoms with van der Waals surface area (Å²) in [6.07, 6.45) is 2.02. The van der Waals surface area contributed by atoms with Crippen molar-refractivity contribution in [2.24, 2.45) is 0 Å². The predicted octanol–water partition coefficient (Wildman–Crippen LogP) is 3.63. The van der Waals surface area contributed by atoms with E-state index in [9.17, 15) is 10.1 Å². The first-order valence-corrected chi connectivity index (χ1v) is 7.18. The van der Waals surface area contributed by atoms with Crippen molar-refractivity contribution >= 4 is 27.4 Å². The van der Waals surface area contributed by atoms with Crippen molar-refractivity contribution in [2.75, 3.05) is 18.5 Å². The molecule has 0 bridgehead atoms. The number of hydrogen-bond donors (Lipinski definition) is 1. The maximum atomic E-state index is 10.6. The fourth-order valence-electron chi connectivity index (χ4n) is 1.64. The Labute approximate surface area is 130 Å². The van der Waals surface area contributed by atoms with Crippen molar-refractivity contribution in [2.45, 2.75) is 6.42 Å². The van der Waals surface area contributed by atoms with Crippen molar-refractivity contribution in [3.63, 3.8) is 0 Å². The first-order valence-electron chi connectivity index (χ1n) is 6.38. The van der Waals surface area contributed by atoms with Crippen LogP contribution in [0.3, 0.4) is 0 Å². The van der Waals surface area contributed by atoms with Crippen molar-refractivity contribution in [3.8, 4) is 5.75 Å². The third kappa shape index (κ3) is 4.71. The van der Waals surface area contributed by atoms with Gasteiger partial charge in [0, 0.05) is 12.6 Å². The summed E-state index contributed by atoms with van der Waals surface area (Å²) in [5.41, 5.74) is -0.0418. The fourth-order valence-corrected chi connectivity index (χ4v) is 2.12. The fraction of sp³-hybridized carbons (Fsp3) is 0.214. The van der Waals surface area contributed by atoms with Crippen LogP contribution >= 0.6 is 15.9 Å². The summed E-state index contributed by atoms with van der Waals surface area (Å²) in [6.45, 7) is 1.25. The minimum Gasteiger partial charge on any atom is -0.494 e. The first-order chi connectivity index (χ1) is 10.2. The molecule has 0 saturated carbocycles. The lowest BCUT2D eigenvalue weighted by atomic mass is 10.3. The van der Waals surface area contributed by atoms with Crippen LogP contribution in [0, 0.1) is 10.1 Å². The van der Waals surface area contributed by atoms with Crippen LogP contribution in [0.2, 0.25) is 0 Å². The molecule has 1 heterocycles. The molecule has 110 valence electrons. The minimum absolute atomic E-state index is 0.0418. The van der Waals surface area contributed by atoms with Gasteiger partial charge in [-0.05, 0) is 34.5 Å². The number of anilines is 1. The molecule has 0 unspecified atom stereocenters. The Bertz CT molecular complexity index is 608. The van der Waals surface area contributed by atoms with Gasteiger partial charge in [-0.2, -0.15) is 0 Å². The monoisotopic (exact) mass is 351 g/mol. The van der Waals surface area contributed by atoms with Crippen LogP contribution in [0.1, 0.15) is 6.42 Å². The number of hydrogen-bond acceptors (Lipinski definition) is 5. The largest absolute Gasteiger partial charge is 0.494 e. The summed E-state index contributed by atoms with van der Waals surface area (Å²) in [7, 11) is 0. The number of ether oxygens (including phenoxy) is 1. The molecule has 0 radical (unpaired) electrons. The lowest BCUT2D eigenvalue weighted by Gasteiger charge is -2.08. The van der Waals surface area contributed by atoms with Crippen LogP contribution in [-0.2, 0) is 0 Å². The van der Waals surface area contributed by atoms with Gasteiger partial charge < -0.3 is 10.1 Å². The van der Waals surface area contributed by atoms with Crippen molar-refractivity contribution in [3.05, 3.63) is 57.2 Å². The molecule has 0 amide bonds. The maximum Gasteiger partial charge on any atom is 0.288 e. The zero-order valence-corrected chi connectivity index (χ0v) is 12.7. The van der Waals surface area contributed by atoms with E-state index < -0.39 is 4.92 Å². The number of nitrogens with zero attached hydrogens (tertiary/aromatic N) is 2. The van der Waals surface area contributed by atoms with E-state index in [-0.39, 0.29) is 5.69 Å². The van der Waals surface area contributed by atoms with E-state index in [1.165, 1.54) is 12.3 Å². The van der Waals surface area contributed by atoms with E-state index in [2.05, 4.69) is 26.2 Å². The molecule has 0 aliphatic rings. The summed E-state index contributed by atoms with van der Waals surface area (Å²) in [6, 6.07) is 11.0. The Kier molecular flexibility index (Phi) is 5.51. The van der Waals surface area contributed by atoms with Gasteiger partial charge in [0.2, 0.25) is 0 Å². The molecule has 6 nitrogen and oxygen atoms in total. The molecule has 0 atom stereocenters. The van der Waals surface area contributed by atoms with E-state index in [0.29, 0.717) is 23.4 Å². The summed E-state index contributed by atoms with van der Waals surface area (Å²) in [5.74, 6) is 1.42. The van der Waals surface area contributed by atoms with E-state index in [1.807, 2.05) is 30.3 Å². The number of nitro groups is 1. The standard InChI is InChI=1S/C14H14BrN3O3/c15-13-9-11(18(19)20)10-17-14(13)16-7-4-8-21-12-5-2-1-3-6-12/h1-3,5-6,9-10H,4,7-8H2,(H,16,17). The van der Waals surface area contributed by atoms with Crippen LogP contribution in [0.25, 0.3) is 0 Å². The number of rotatable bonds is 7. The quantitative estimate of drug-likeness (QED) is 0.468. The average molecular weight is 352 g/mol. The summed E-state index contributed by atoms with van der Waals surface area (Å²) in [5, 5.41) is 13.7. The minimum atomic E-state index is -0.477. The zero-order chi connectivity index (χ0) is 15.1. The summed E-state index contributed by atoms with van der Waals surface area (Å²) < 4.78 is 6.13. The number of nitrogens with one attached hydrogen (secondary N) is 1. The van der Waals surface area contributed by atoms with E-state index in [0.717, 1.165) is 12.2 Å². The highest BCUT2D eigenvalue weighted by molar-refractivity contribution is 9.10. The SMILES string of the molecule is O=[N+]([O-])c1cnc(NCCCOc2ccccc2)c(Br)c1. The van der Waals surface area contributed by atoms with E-state index in [1.54, 1.807) is 0 Å². The molecular formula is C14H14BrN3O3. The molecule has 0 fully saturated rings. The lowest BCUT2D eigenvalue weighted by molar-refractivity contribution is -0.385. The van der Waals surface area contributed by atoms with Gasteiger partial charge in [0.15, 0.2) is 0 Å². The third-order valence-electron chi connectivity index (χ3n) is 2.66. The van der Waals surface area contributed by atoms with Gasteiger partial charge in [-0.3, -0.25) is 10.1 Å². The Balaban J connectivity index is 1.75. The van der Waals surface area contributed by atoms with Crippen molar-refractivity contribution in [1.29, 1.82) is 0 Å². The number of para-hydroxylation sites is 1. The normalized spacial score (nSPS) is 10.1. The van der Waals surface area contributed by atoms with Gasteiger partial charge in [0.05, 0.1) is 16.0 Å².